The van der Waals surface area contributed by atoms with Crippen LogP contribution in [0, 0.1) is 0 Å². The highest BCUT2D eigenvalue weighted by Gasteiger charge is 2.11. The summed E-state index contributed by atoms with van der Waals surface area (Å²) in [6, 6.07) is 6.58. The van der Waals surface area contributed by atoms with Crippen molar-refractivity contribution in [2.45, 2.75) is 19.8 Å². The van der Waals surface area contributed by atoms with Crippen molar-refractivity contribution in [1.82, 2.24) is 0 Å². The number of allylic oxidation sites excluding steroid dienone is 2. The highest BCUT2D eigenvalue weighted by Crippen LogP contribution is 2.26. The molecule has 1 heteroatoms. The van der Waals surface area contributed by atoms with Crippen LogP contribution in [0.25, 0.3) is 0 Å². The van der Waals surface area contributed by atoms with Crippen molar-refractivity contribution in [3.8, 4) is 0 Å². The van der Waals surface area contributed by atoms with Gasteiger partial charge in [-0.15, -0.1) is 0 Å². The fourth-order valence-electron chi connectivity index (χ4n) is 1.83. The summed E-state index contributed by atoms with van der Waals surface area (Å²) in [6.07, 6.45) is 6.54. The summed E-state index contributed by atoms with van der Waals surface area (Å²) in [5.74, 6) is 0. The lowest BCUT2D eigenvalue weighted by atomic mass is 10.1. The normalized spacial score (nSPS) is 14.5. The van der Waals surface area contributed by atoms with E-state index >= 15 is 0 Å². The zero-order valence-electron chi connectivity index (χ0n) is 8.01. The molecule has 1 heterocycles. The summed E-state index contributed by atoms with van der Waals surface area (Å²) in [4.78, 5) is 0. The standard InChI is InChI=1S/C12H15N/c1-2-3-5-10-6-4-7-11-8-9-13-12(10)11/h2-4,6-7,13H,5,8-9H2,1H3/b3-2+. The number of fused-ring (bicyclic) bond motifs is 1. The van der Waals surface area contributed by atoms with Gasteiger partial charge in [0.1, 0.15) is 0 Å². The van der Waals surface area contributed by atoms with Gasteiger partial charge in [-0.25, -0.2) is 0 Å². The maximum atomic E-state index is 3.44. The molecule has 0 saturated heterocycles. The Balaban J connectivity index is 2.30. The van der Waals surface area contributed by atoms with E-state index in [0.717, 1.165) is 13.0 Å². The Morgan fingerprint density at radius 2 is 2.38 bits per heavy atom. The van der Waals surface area contributed by atoms with Gasteiger partial charge >= 0.3 is 0 Å². The first kappa shape index (κ1) is 8.36. The molecule has 0 aliphatic carbocycles. The number of rotatable bonds is 2. The molecule has 0 amide bonds. The van der Waals surface area contributed by atoms with Crippen LogP contribution in [0.5, 0.6) is 0 Å². The van der Waals surface area contributed by atoms with Gasteiger partial charge in [0.2, 0.25) is 0 Å². The van der Waals surface area contributed by atoms with Crippen molar-refractivity contribution in [3.63, 3.8) is 0 Å². The van der Waals surface area contributed by atoms with Crippen LogP contribution in [0.2, 0.25) is 0 Å². The minimum Gasteiger partial charge on any atom is -0.384 e. The predicted octanol–water partition coefficient (Wildman–Crippen LogP) is 2.77. The Kier molecular flexibility index (Phi) is 2.35. The van der Waals surface area contributed by atoms with Gasteiger partial charge in [0.15, 0.2) is 0 Å². The zero-order chi connectivity index (χ0) is 9.10. The number of nitrogens with one attached hydrogen (secondary N) is 1. The van der Waals surface area contributed by atoms with E-state index < -0.39 is 0 Å². The van der Waals surface area contributed by atoms with Gasteiger partial charge < -0.3 is 5.32 Å². The molecule has 0 unspecified atom stereocenters. The van der Waals surface area contributed by atoms with Crippen LogP contribution in [-0.2, 0) is 12.8 Å². The second-order valence-corrected chi connectivity index (χ2v) is 3.40. The molecule has 1 aromatic carbocycles. The van der Waals surface area contributed by atoms with E-state index in [1.165, 1.54) is 23.2 Å². The third kappa shape index (κ3) is 1.59. The second-order valence-electron chi connectivity index (χ2n) is 3.40. The topological polar surface area (TPSA) is 12.0 Å². The summed E-state index contributed by atoms with van der Waals surface area (Å²) in [6.45, 7) is 3.17. The molecule has 1 nitrogen and oxygen atoms in total. The average molecular weight is 173 g/mol. The molecule has 0 fully saturated rings. The lowest BCUT2D eigenvalue weighted by molar-refractivity contribution is 1.11. The van der Waals surface area contributed by atoms with Crippen LogP contribution in [0.15, 0.2) is 30.4 Å². The lowest BCUT2D eigenvalue weighted by Crippen LogP contribution is -1.94. The van der Waals surface area contributed by atoms with Gasteiger partial charge in [-0.1, -0.05) is 30.4 Å². The molecular weight excluding hydrogens is 158 g/mol. The molecule has 2 rings (SSSR count). The predicted molar refractivity (Wildman–Crippen MR) is 57.2 cm³/mol. The van der Waals surface area contributed by atoms with Gasteiger partial charge in [-0.3, -0.25) is 0 Å². The van der Waals surface area contributed by atoms with E-state index in [2.05, 4.69) is 42.6 Å². The van der Waals surface area contributed by atoms with Crippen LogP contribution in [0.4, 0.5) is 5.69 Å². The summed E-state index contributed by atoms with van der Waals surface area (Å²) in [5, 5.41) is 3.44. The van der Waals surface area contributed by atoms with Crippen molar-refractivity contribution < 1.29 is 0 Å². The van der Waals surface area contributed by atoms with E-state index in [-0.39, 0.29) is 0 Å². The largest absolute Gasteiger partial charge is 0.384 e. The summed E-state index contributed by atoms with van der Waals surface area (Å²) in [7, 11) is 0. The first-order valence-corrected chi connectivity index (χ1v) is 4.87. The Hall–Kier alpha value is -1.24. The number of hydrogen-bond acceptors (Lipinski definition) is 1. The van der Waals surface area contributed by atoms with Gasteiger partial charge in [0.05, 0.1) is 0 Å². The molecule has 0 saturated carbocycles. The molecule has 13 heavy (non-hydrogen) atoms. The fourth-order valence-corrected chi connectivity index (χ4v) is 1.83. The Labute approximate surface area is 79.5 Å². The van der Waals surface area contributed by atoms with Crippen LogP contribution in [0.3, 0.4) is 0 Å². The minimum absolute atomic E-state index is 1.05. The van der Waals surface area contributed by atoms with Crippen molar-refractivity contribution >= 4 is 5.69 Å². The van der Waals surface area contributed by atoms with Gasteiger partial charge in [-0.05, 0) is 30.9 Å². The molecule has 0 bridgehead atoms. The molecular formula is C12H15N. The molecule has 1 N–H and O–H groups in total. The second kappa shape index (κ2) is 3.65. The van der Waals surface area contributed by atoms with Gasteiger partial charge in [-0.2, -0.15) is 0 Å². The molecule has 1 aliphatic heterocycles. The monoisotopic (exact) mass is 173 g/mol. The smallest absolute Gasteiger partial charge is 0.0409 e. The third-order valence-corrected chi connectivity index (χ3v) is 2.51. The quantitative estimate of drug-likeness (QED) is 0.678. The zero-order valence-corrected chi connectivity index (χ0v) is 8.01. The average Bonchev–Trinajstić information content (AvgIpc) is 2.62. The number of para-hydroxylation sites is 1. The maximum absolute atomic E-state index is 3.44. The number of hydrogen-bond donors (Lipinski definition) is 1. The maximum Gasteiger partial charge on any atom is 0.0409 e. The lowest BCUT2D eigenvalue weighted by Gasteiger charge is -2.05. The van der Waals surface area contributed by atoms with Crippen molar-refractivity contribution in [2.24, 2.45) is 0 Å². The first-order valence-electron chi connectivity index (χ1n) is 4.87. The number of anilines is 1. The SMILES string of the molecule is C/C=C/Cc1cccc2c1NCC2. The third-order valence-electron chi connectivity index (χ3n) is 2.51. The van der Waals surface area contributed by atoms with E-state index in [1.807, 2.05) is 0 Å². The van der Waals surface area contributed by atoms with E-state index in [0.29, 0.717) is 0 Å². The fraction of sp³-hybridized carbons (Fsp3) is 0.333. The van der Waals surface area contributed by atoms with E-state index in [1.54, 1.807) is 0 Å². The minimum atomic E-state index is 1.05. The van der Waals surface area contributed by atoms with Crippen molar-refractivity contribution in [3.05, 3.63) is 41.5 Å². The Morgan fingerprint density at radius 3 is 3.23 bits per heavy atom. The molecule has 0 spiro atoms. The molecule has 68 valence electrons. The van der Waals surface area contributed by atoms with Gasteiger partial charge in [0.25, 0.3) is 0 Å². The van der Waals surface area contributed by atoms with Crippen LogP contribution >= 0.6 is 0 Å². The summed E-state index contributed by atoms with van der Waals surface area (Å²) in [5.41, 5.74) is 4.27. The molecule has 1 aliphatic rings. The summed E-state index contributed by atoms with van der Waals surface area (Å²) >= 11 is 0. The number of benzene rings is 1. The highest BCUT2D eigenvalue weighted by atomic mass is 14.9. The van der Waals surface area contributed by atoms with Gasteiger partial charge in [0, 0.05) is 12.2 Å². The molecule has 0 aromatic heterocycles. The van der Waals surface area contributed by atoms with Crippen LogP contribution in [0.1, 0.15) is 18.1 Å². The van der Waals surface area contributed by atoms with Crippen LogP contribution in [-0.4, -0.2) is 6.54 Å². The van der Waals surface area contributed by atoms with Crippen LogP contribution < -0.4 is 5.32 Å². The van der Waals surface area contributed by atoms with E-state index in [9.17, 15) is 0 Å². The molecule has 0 radical (unpaired) electrons. The highest BCUT2D eigenvalue weighted by molar-refractivity contribution is 5.61. The first-order chi connectivity index (χ1) is 6.42. The molecule has 1 aromatic rings. The Bertz CT molecular complexity index is 326. The Morgan fingerprint density at radius 1 is 1.46 bits per heavy atom. The van der Waals surface area contributed by atoms with Crippen molar-refractivity contribution in [1.29, 1.82) is 0 Å². The van der Waals surface area contributed by atoms with Crippen molar-refractivity contribution in [2.75, 3.05) is 11.9 Å². The molecule has 0 atom stereocenters. The van der Waals surface area contributed by atoms with E-state index in [4.69, 9.17) is 0 Å². The summed E-state index contributed by atoms with van der Waals surface area (Å²) < 4.78 is 0.